The van der Waals surface area contributed by atoms with Gasteiger partial charge in [0, 0.05) is 24.1 Å². The number of fused-ring (bicyclic) bond motifs is 2. The minimum Gasteiger partial charge on any atom is -0.341 e. The maximum Gasteiger partial charge on any atom is 0.255 e. The van der Waals surface area contributed by atoms with Gasteiger partial charge < -0.3 is 9.88 Å². The molecule has 1 unspecified atom stereocenters. The van der Waals surface area contributed by atoms with Gasteiger partial charge in [0.2, 0.25) is 11.8 Å². The van der Waals surface area contributed by atoms with Crippen molar-refractivity contribution >= 4 is 28.9 Å². The second kappa shape index (κ2) is 5.98. The average molecular weight is 375 g/mol. The second-order valence-electron chi connectivity index (χ2n) is 7.16. The van der Waals surface area contributed by atoms with Gasteiger partial charge in [0.1, 0.15) is 11.9 Å². The van der Waals surface area contributed by atoms with Gasteiger partial charge in [-0.25, -0.2) is 9.97 Å². The number of hydrogen-bond acceptors (Lipinski definition) is 5. The van der Waals surface area contributed by atoms with Crippen LogP contribution in [0.3, 0.4) is 0 Å². The Kier molecular flexibility index (Phi) is 3.55. The third kappa shape index (κ3) is 2.57. The van der Waals surface area contributed by atoms with Gasteiger partial charge in [-0.05, 0) is 43.2 Å². The lowest BCUT2D eigenvalue weighted by Gasteiger charge is -2.29. The predicted octanol–water partition coefficient (Wildman–Crippen LogP) is 1.69. The number of nitrogens with zero attached hydrogens (tertiary/aromatic N) is 3. The zero-order chi connectivity index (χ0) is 19.4. The van der Waals surface area contributed by atoms with Crippen molar-refractivity contribution in [3.05, 3.63) is 47.3 Å². The van der Waals surface area contributed by atoms with Gasteiger partial charge in [0.05, 0.1) is 11.2 Å². The second-order valence-corrected chi connectivity index (χ2v) is 7.16. The summed E-state index contributed by atoms with van der Waals surface area (Å²) in [5.74, 6) is -0.0668. The first-order valence-electron chi connectivity index (χ1n) is 9.11. The summed E-state index contributed by atoms with van der Waals surface area (Å²) in [5, 5.41) is 2.32. The van der Waals surface area contributed by atoms with E-state index < -0.39 is 11.9 Å². The van der Waals surface area contributed by atoms with Gasteiger partial charge in [0.25, 0.3) is 5.91 Å². The van der Waals surface area contributed by atoms with Crippen molar-refractivity contribution in [2.75, 3.05) is 0 Å². The number of imidazole rings is 1. The van der Waals surface area contributed by atoms with Crippen LogP contribution in [-0.2, 0) is 16.1 Å². The van der Waals surface area contributed by atoms with Crippen LogP contribution in [0, 0.1) is 6.92 Å². The number of hydrogen-bond donors (Lipinski definition) is 2. The number of imide groups is 1. The van der Waals surface area contributed by atoms with E-state index >= 15 is 0 Å². The summed E-state index contributed by atoms with van der Waals surface area (Å²) in [6.07, 6.45) is 0.600. The van der Waals surface area contributed by atoms with Crippen molar-refractivity contribution in [3.8, 4) is 11.3 Å². The van der Waals surface area contributed by atoms with Crippen molar-refractivity contribution in [1.29, 1.82) is 0 Å². The highest BCUT2D eigenvalue weighted by molar-refractivity contribution is 6.05. The molecule has 0 bridgehead atoms. The Balaban J connectivity index is 1.46. The number of aryl methyl sites for hydroxylation is 1. The van der Waals surface area contributed by atoms with Crippen molar-refractivity contribution in [2.45, 2.75) is 32.4 Å². The third-order valence-electron chi connectivity index (χ3n) is 5.28. The van der Waals surface area contributed by atoms with Gasteiger partial charge in [-0.1, -0.05) is 6.07 Å². The zero-order valence-electron chi connectivity index (χ0n) is 15.2. The number of amides is 3. The lowest BCUT2D eigenvalue weighted by Crippen LogP contribution is -2.52. The van der Waals surface area contributed by atoms with E-state index in [2.05, 4.69) is 20.3 Å². The fourth-order valence-corrected chi connectivity index (χ4v) is 3.91. The Labute approximate surface area is 160 Å². The van der Waals surface area contributed by atoms with Crippen LogP contribution in [0.25, 0.3) is 22.4 Å². The number of carbonyl (C=O) groups excluding carboxylic acids is 3. The largest absolute Gasteiger partial charge is 0.341 e. The molecule has 1 saturated heterocycles. The number of aromatic amines is 1. The molecule has 4 heterocycles. The molecule has 2 aliphatic rings. The van der Waals surface area contributed by atoms with Crippen LogP contribution in [0.15, 0.2) is 30.3 Å². The number of rotatable bonds is 2. The minimum absolute atomic E-state index is 0.178. The van der Waals surface area contributed by atoms with Gasteiger partial charge in [-0.2, -0.15) is 0 Å². The van der Waals surface area contributed by atoms with Gasteiger partial charge >= 0.3 is 0 Å². The standard InChI is InChI=1S/C20H17N5O3/c1-10-21-15-5-4-14(23-18(15)22-10)11-2-3-13-12(8-11)9-25(20(13)28)16-6-7-17(26)24-19(16)27/h2-5,8,16H,6-7,9H2,1H3,(H,21,22,23)(H,24,26,27). The predicted molar refractivity (Wildman–Crippen MR) is 100 cm³/mol. The summed E-state index contributed by atoms with van der Waals surface area (Å²) >= 11 is 0. The van der Waals surface area contributed by atoms with Crippen LogP contribution >= 0.6 is 0 Å². The number of benzene rings is 1. The molecular weight excluding hydrogens is 358 g/mol. The van der Waals surface area contributed by atoms with Crippen LogP contribution in [0.2, 0.25) is 0 Å². The van der Waals surface area contributed by atoms with Crippen LogP contribution in [0.1, 0.15) is 34.6 Å². The number of H-pyrrole nitrogens is 1. The topological polar surface area (TPSA) is 108 Å². The smallest absolute Gasteiger partial charge is 0.255 e. The minimum atomic E-state index is -0.609. The van der Waals surface area contributed by atoms with E-state index in [1.54, 1.807) is 11.0 Å². The van der Waals surface area contributed by atoms with E-state index in [4.69, 9.17) is 0 Å². The molecule has 1 atom stereocenters. The maximum absolute atomic E-state index is 12.8. The Morgan fingerprint density at radius 1 is 1.11 bits per heavy atom. The van der Waals surface area contributed by atoms with E-state index in [1.165, 1.54) is 0 Å². The first-order valence-corrected chi connectivity index (χ1v) is 9.11. The molecule has 28 heavy (non-hydrogen) atoms. The summed E-state index contributed by atoms with van der Waals surface area (Å²) in [5.41, 5.74) is 4.63. The van der Waals surface area contributed by atoms with E-state index in [9.17, 15) is 14.4 Å². The molecule has 2 aliphatic heterocycles. The van der Waals surface area contributed by atoms with Gasteiger partial charge in [0.15, 0.2) is 5.65 Å². The lowest BCUT2D eigenvalue weighted by molar-refractivity contribution is -0.136. The quantitative estimate of drug-likeness (QED) is 0.663. The molecule has 0 aliphatic carbocycles. The Morgan fingerprint density at radius 3 is 2.79 bits per heavy atom. The molecule has 140 valence electrons. The highest BCUT2D eigenvalue weighted by Crippen LogP contribution is 2.31. The fourth-order valence-electron chi connectivity index (χ4n) is 3.91. The van der Waals surface area contributed by atoms with Gasteiger partial charge in [-0.15, -0.1) is 0 Å². The first-order chi connectivity index (χ1) is 13.5. The molecule has 1 fully saturated rings. The average Bonchev–Trinajstić information content (AvgIpc) is 3.20. The number of nitrogens with one attached hydrogen (secondary N) is 2. The Morgan fingerprint density at radius 2 is 1.96 bits per heavy atom. The highest BCUT2D eigenvalue weighted by atomic mass is 16.2. The van der Waals surface area contributed by atoms with E-state index in [-0.39, 0.29) is 18.2 Å². The molecule has 8 nitrogen and oxygen atoms in total. The summed E-state index contributed by atoms with van der Waals surface area (Å²) < 4.78 is 0. The molecule has 0 radical (unpaired) electrons. The molecular formula is C20H17N5O3. The van der Waals surface area contributed by atoms with Crippen LogP contribution in [-0.4, -0.2) is 43.6 Å². The number of aromatic nitrogens is 3. The Hall–Kier alpha value is -3.55. The number of pyridine rings is 1. The van der Waals surface area contributed by atoms with E-state index in [0.717, 1.165) is 28.2 Å². The van der Waals surface area contributed by atoms with E-state index in [1.807, 2.05) is 31.2 Å². The van der Waals surface area contributed by atoms with Crippen molar-refractivity contribution in [1.82, 2.24) is 25.2 Å². The van der Waals surface area contributed by atoms with Crippen LogP contribution in [0.4, 0.5) is 0 Å². The Bertz CT molecular complexity index is 1170. The van der Waals surface area contributed by atoms with Crippen molar-refractivity contribution < 1.29 is 14.4 Å². The highest BCUT2D eigenvalue weighted by Gasteiger charge is 2.39. The SMILES string of the molecule is Cc1nc2nc(-c3ccc4c(c3)CN(C3CCC(=O)NC3=O)C4=O)ccc2[nH]1. The molecule has 0 spiro atoms. The first kappa shape index (κ1) is 16.6. The molecule has 3 aromatic rings. The number of carbonyl (C=O) groups is 3. The number of piperidine rings is 1. The normalized spacial score (nSPS) is 19.2. The molecule has 5 rings (SSSR count). The molecule has 8 heteroatoms. The van der Waals surface area contributed by atoms with Crippen LogP contribution in [0.5, 0.6) is 0 Å². The molecule has 1 aromatic carbocycles. The maximum atomic E-state index is 12.8. The zero-order valence-corrected chi connectivity index (χ0v) is 15.2. The summed E-state index contributed by atoms with van der Waals surface area (Å²) in [6, 6.07) is 8.82. The molecule has 2 N–H and O–H groups in total. The van der Waals surface area contributed by atoms with E-state index in [0.29, 0.717) is 24.2 Å². The fraction of sp³-hybridized carbons (Fsp3) is 0.250. The summed E-state index contributed by atoms with van der Waals surface area (Å²) in [4.78, 5) is 50.0. The molecule has 0 saturated carbocycles. The van der Waals surface area contributed by atoms with Crippen molar-refractivity contribution in [3.63, 3.8) is 0 Å². The molecule has 3 amide bonds. The molecule has 2 aromatic heterocycles. The monoisotopic (exact) mass is 375 g/mol. The third-order valence-corrected chi connectivity index (χ3v) is 5.28. The van der Waals surface area contributed by atoms with Crippen molar-refractivity contribution in [2.24, 2.45) is 0 Å². The van der Waals surface area contributed by atoms with Gasteiger partial charge in [-0.3, -0.25) is 19.7 Å². The summed E-state index contributed by atoms with van der Waals surface area (Å²) in [7, 11) is 0. The van der Waals surface area contributed by atoms with Crippen LogP contribution < -0.4 is 5.32 Å². The lowest BCUT2D eigenvalue weighted by atomic mass is 10.0. The summed E-state index contributed by atoms with van der Waals surface area (Å²) in [6.45, 7) is 2.23.